The highest BCUT2D eigenvalue weighted by atomic mass is 16.3. The molecular formula is C7H11N3O. The van der Waals surface area contributed by atoms with E-state index in [0.717, 1.165) is 0 Å². The highest BCUT2D eigenvalue weighted by molar-refractivity contribution is 4.95. The van der Waals surface area contributed by atoms with Crippen LogP contribution in [0.1, 0.15) is 26.1 Å². The van der Waals surface area contributed by atoms with Crippen LogP contribution < -0.4 is 0 Å². The van der Waals surface area contributed by atoms with Crippen LogP contribution >= 0.6 is 0 Å². The summed E-state index contributed by atoms with van der Waals surface area (Å²) in [5.41, 5.74) is -0.928. The number of nitrogens with zero attached hydrogens (tertiary/aromatic N) is 3. The third-order valence-corrected chi connectivity index (χ3v) is 1.66. The lowest BCUT2D eigenvalue weighted by Crippen LogP contribution is -2.22. The second-order valence-electron chi connectivity index (χ2n) is 2.59. The van der Waals surface area contributed by atoms with Crippen LogP contribution in [-0.4, -0.2) is 20.1 Å². The highest BCUT2D eigenvalue weighted by Gasteiger charge is 2.23. The molecule has 11 heavy (non-hydrogen) atoms. The van der Waals surface area contributed by atoms with Gasteiger partial charge in [-0.25, -0.2) is 15.0 Å². The third kappa shape index (κ3) is 1.71. The molecule has 1 aromatic rings. The summed E-state index contributed by atoms with van der Waals surface area (Å²) in [7, 11) is 0. The third-order valence-electron chi connectivity index (χ3n) is 1.66. The first-order valence-electron chi connectivity index (χ1n) is 3.51. The molecule has 1 N–H and O–H groups in total. The van der Waals surface area contributed by atoms with E-state index >= 15 is 0 Å². The summed E-state index contributed by atoms with van der Waals surface area (Å²) in [5, 5.41) is 9.64. The molecule has 0 saturated heterocycles. The van der Waals surface area contributed by atoms with E-state index in [9.17, 15) is 5.11 Å². The lowest BCUT2D eigenvalue weighted by Gasteiger charge is -2.17. The van der Waals surface area contributed by atoms with Crippen molar-refractivity contribution in [3.63, 3.8) is 0 Å². The van der Waals surface area contributed by atoms with Crippen molar-refractivity contribution in [3.8, 4) is 0 Å². The molecule has 0 aromatic carbocycles. The summed E-state index contributed by atoms with van der Waals surface area (Å²) >= 11 is 0. The fourth-order valence-electron chi connectivity index (χ4n) is 0.675. The minimum absolute atomic E-state index is 0.426. The van der Waals surface area contributed by atoms with Crippen LogP contribution in [0.4, 0.5) is 0 Å². The summed E-state index contributed by atoms with van der Waals surface area (Å²) in [6.45, 7) is 3.56. The lowest BCUT2D eigenvalue weighted by atomic mass is 10.0. The number of aliphatic hydroxyl groups is 1. The molecule has 4 heteroatoms. The van der Waals surface area contributed by atoms with Crippen LogP contribution in [0.2, 0.25) is 0 Å². The summed E-state index contributed by atoms with van der Waals surface area (Å²) < 4.78 is 0. The largest absolute Gasteiger partial charge is 0.382 e. The molecule has 0 fully saturated rings. The van der Waals surface area contributed by atoms with E-state index in [-0.39, 0.29) is 0 Å². The van der Waals surface area contributed by atoms with Crippen LogP contribution in [0.15, 0.2) is 12.7 Å². The van der Waals surface area contributed by atoms with Crippen molar-refractivity contribution in [2.45, 2.75) is 25.9 Å². The molecule has 0 bridgehead atoms. The van der Waals surface area contributed by atoms with Gasteiger partial charge in [0.05, 0.1) is 0 Å². The van der Waals surface area contributed by atoms with E-state index in [1.54, 1.807) is 6.92 Å². The number of aromatic nitrogens is 3. The Morgan fingerprint density at radius 2 is 2.00 bits per heavy atom. The van der Waals surface area contributed by atoms with E-state index < -0.39 is 5.60 Å². The lowest BCUT2D eigenvalue weighted by molar-refractivity contribution is 0.0433. The van der Waals surface area contributed by atoms with Gasteiger partial charge in [-0.1, -0.05) is 6.92 Å². The molecule has 0 spiro atoms. The van der Waals surface area contributed by atoms with Gasteiger partial charge in [-0.05, 0) is 13.3 Å². The van der Waals surface area contributed by atoms with Gasteiger partial charge in [0.2, 0.25) is 0 Å². The first-order valence-corrected chi connectivity index (χ1v) is 3.51. The average Bonchev–Trinajstić information content (AvgIpc) is 2.06. The Balaban J connectivity index is 2.93. The van der Waals surface area contributed by atoms with E-state index in [1.165, 1.54) is 12.7 Å². The Morgan fingerprint density at radius 1 is 1.45 bits per heavy atom. The van der Waals surface area contributed by atoms with Crippen LogP contribution in [0.3, 0.4) is 0 Å². The van der Waals surface area contributed by atoms with Crippen molar-refractivity contribution in [2.24, 2.45) is 0 Å². The fourth-order valence-corrected chi connectivity index (χ4v) is 0.675. The average molecular weight is 153 g/mol. The van der Waals surface area contributed by atoms with E-state index in [2.05, 4.69) is 15.0 Å². The van der Waals surface area contributed by atoms with Gasteiger partial charge in [0.15, 0.2) is 5.82 Å². The monoisotopic (exact) mass is 153 g/mol. The van der Waals surface area contributed by atoms with Crippen molar-refractivity contribution in [1.82, 2.24) is 15.0 Å². The Labute approximate surface area is 65.3 Å². The van der Waals surface area contributed by atoms with Gasteiger partial charge in [0, 0.05) is 0 Å². The highest BCUT2D eigenvalue weighted by Crippen LogP contribution is 2.18. The van der Waals surface area contributed by atoms with Gasteiger partial charge >= 0.3 is 0 Å². The molecule has 1 atom stereocenters. The van der Waals surface area contributed by atoms with Gasteiger partial charge in [-0.15, -0.1) is 0 Å². The van der Waals surface area contributed by atoms with Crippen LogP contribution in [0.25, 0.3) is 0 Å². The van der Waals surface area contributed by atoms with Crippen LogP contribution in [0, 0.1) is 0 Å². The minimum atomic E-state index is -0.928. The molecule has 4 nitrogen and oxygen atoms in total. The molecule has 0 amide bonds. The van der Waals surface area contributed by atoms with Gasteiger partial charge in [-0.3, -0.25) is 0 Å². The number of hydrogen-bond acceptors (Lipinski definition) is 4. The molecule has 0 aliphatic heterocycles. The maximum atomic E-state index is 9.64. The zero-order valence-corrected chi connectivity index (χ0v) is 6.65. The second-order valence-corrected chi connectivity index (χ2v) is 2.59. The summed E-state index contributed by atoms with van der Waals surface area (Å²) in [5.74, 6) is 0.426. The fraction of sp³-hybridized carbons (Fsp3) is 0.571. The smallest absolute Gasteiger partial charge is 0.163 e. The topological polar surface area (TPSA) is 58.9 Å². The number of hydrogen-bond donors (Lipinski definition) is 1. The predicted octanol–water partition coefficient (Wildman–Crippen LogP) is 0.489. The van der Waals surface area contributed by atoms with Gasteiger partial charge in [0.1, 0.15) is 18.3 Å². The molecule has 1 heterocycles. The van der Waals surface area contributed by atoms with Gasteiger partial charge in [0.25, 0.3) is 0 Å². The van der Waals surface area contributed by atoms with Crippen molar-refractivity contribution in [2.75, 3.05) is 0 Å². The summed E-state index contributed by atoms with van der Waals surface area (Å²) in [6, 6.07) is 0. The van der Waals surface area contributed by atoms with Crippen LogP contribution in [0.5, 0.6) is 0 Å². The first-order chi connectivity index (χ1) is 5.17. The zero-order chi connectivity index (χ0) is 8.32. The SMILES string of the molecule is CCC(C)(O)c1ncncn1. The summed E-state index contributed by atoms with van der Waals surface area (Å²) in [6.07, 6.45) is 3.36. The molecule has 1 rings (SSSR count). The maximum absolute atomic E-state index is 9.64. The molecular weight excluding hydrogens is 142 g/mol. The molecule has 0 aliphatic carbocycles. The molecule has 0 radical (unpaired) electrons. The van der Waals surface area contributed by atoms with Crippen molar-refractivity contribution >= 4 is 0 Å². The summed E-state index contributed by atoms with van der Waals surface area (Å²) in [4.78, 5) is 11.4. The van der Waals surface area contributed by atoms with Crippen molar-refractivity contribution in [3.05, 3.63) is 18.5 Å². The maximum Gasteiger partial charge on any atom is 0.163 e. The molecule has 0 saturated carbocycles. The van der Waals surface area contributed by atoms with Crippen molar-refractivity contribution in [1.29, 1.82) is 0 Å². The molecule has 1 unspecified atom stereocenters. The predicted molar refractivity (Wildman–Crippen MR) is 39.7 cm³/mol. The van der Waals surface area contributed by atoms with Crippen LogP contribution in [-0.2, 0) is 5.60 Å². The van der Waals surface area contributed by atoms with Gasteiger partial charge in [-0.2, -0.15) is 0 Å². The van der Waals surface area contributed by atoms with E-state index in [1.807, 2.05) is 6.92 Å². The Kier molecular flexibility index (Phi) is 2.14. The number of rotatable bonds is 2. The zero-order valence-electron chi connectivity index (χ0n) is 6.65. The van der Waals surface area contributed by atoms with Gasteiger partial charge < -0.3 is 5.11 Å². The normalized spacial score (nSPS) is 15.9. The Morgan fingerprint density at radius 3 is 2.45 bits per heavy atom. The molecule has 1 aromatic heterocycles. The van der Waals surface area contributed by atoms with Crippen molar-refractivity contribution < 1.29 is 5.11 Å². The second kappa shape index (κ2) is 2.92. The molecule has 60 valence electrons. The van der Waals surface area contributed by atoms with E-state index in [0.29, 0.717) is 12.2 Å². The van der Waals surface area contributed by atoms with E-state index in [4.69, 9.17) is 0 Å². The Hall–Kier alpha value is -1.03. The standard InChI is InChI=1S/C7H11N3O/c1-3-7(2,11)6-9-4-8-5-10-6/h4-5,11H,3H2,1-2H3. The quantitative estimate of drug-likeness (QED) is 0.671. The minimum Gasteiger partial charge on any atom is -0.382 e. The first kappa shape index (κ1) is 8.07. The molecule has 0 aliphatic rings. The Bertz CT molecular complexity index is 222.